The zero-order valence-electron chi connectivity index (χ0n) is 13.7. The molecule has 7 nitrogen and oxygen atoms in total. The van der Waals surface area contributed by atoms with Gasteiger partial charge in [0.05, 0.1) is 0 Å². The van der Waals surface area contributed by atoms with Crippen LogP contribution in [0.2, 0.25) is 0 Å². The molecule has 2 saturated heterocycles. The van der Waals surface area contributed by atoms with Crippen molar-refractivity contribution in [1.29, 1.82) is 0 Å². The van der Waals surface area contributed by atoms with Gasteiger partial charge in [0.1, 0.15) is 0 Å². The fourth-order valence-corrected chi connectivity index (χ4v) is 4.34. The van der Waals surface area contributed by atoms with Crippen LogP contribution in [0, 0.1) is 0 Å². The van der Waals surface area contributed by atoms with Crippen molar-refractivity contribution >= 4 is 16.7 Å². The Morgan fingerprint density at radius 1 is 1.08 bits per heavy atom. The summed E-state index contributed by atoms with van der Waals surface area (Å²) in [5.74, 6) is 0.374. The molecule has 0 aromatic carbocycles. The van der Waals surface area contributed by atoms with Gasteiger partial charge in [0, 0.05) is 42.9 Å². The SMILES string of the molecule is O=c1cccnn1-c1nsc(N2CCC(N3CCCCC3)CC2)n1. The third kappa shape index (κ3) is 3.21. The van der Waals surface area contributed by atoms with Gasteiger partial charge in [0.15, 0.2) is 0 Å². The number of nitrogens with zero attached hydrogens (tertiary/aromatic N) is 6. The summed E-state index contributed by atoms with van der Waals surface area (Å²) in [5.41, 5.74) is -0.203. The van der Waals surface area contributed by atoms with Crippen LogP contribution in [0.1, 0.15) is 32.1 Å². The molecule has 0 unspecified atom stereocenters. The molecule has 0 bridgehead atoms. The summed E-state index contributed by atoms with van der Waals surface area (Å²) in [6.45, 7) is 4.53. The summed E-state index contributed by atoms with van der Waals surface area (Å²) in [4.78, 5) is 21.3. The van der Waals surface area contributed by atoms with Gasteiger partial charge in [-0.2, -0.15) is 14.8 Å². The second-order valence-corrected chi connectivity index (χ2v) is 7.20. The molecule has 0 spiro atoms. The maximum atomic E-state index is 11.8. The van der Waals surface area contributed by atoms with Crippen molar-refractivity contribution in [2.24, 2.45) is 0 Å². The van der Waals surface area contributed by atoms with Crippen LogP contribution in [0.5, 0.6) is 0 Å². The van der Waals surface area contributed by atoms with Crippen LogP contribution in [0.15, 0.2) is 23.1 Å². The van der Waals surface area contributed by atoms with Crippen LogP contribution >= 0.6 is 11.5 Å². The predicted molar refractivity (Wildman–Crippen MR) is 94.0 cm³/mol. The molecule has 2 aromatic heterocycles. The Hall–Kier alpha value is -1.80. The Morgan fingerprint density at radius 3 is 2.62 bits per heavy atom. The smallest absolute Gasteiger partial charge is 0.274 e. The number of likely N-dealkylation sites (tertiary alicyclic amines) is 1. The molecular formula is C16H22N6OS. The van der Waals surface area contributed by atoms with E-state index in [1.807, 2.05) is 0 Å². The molecule has 0 amide bonds. The van der Waals surface area contributed by atoms with Crippen molar-refractivity contribution in [2.45, 2.75) is 38.1 Å². The molecular weight excluding hydrogens is 324 g/mol. The molecule has 2 aliphatic heterocycles. The third-order valence-electron chi connectivity index (χ3n) is 4.95. The normalized spacial score (nSPS) is 20.4. The quantitative estimate of drug-likeness (QED) is 0.840. The van der Waals surface area contributed by atoms with E-state index in [0.717, 1.165) is 18.2 Å². The van der Waals surface area contributed by atoms with E-state index in [9.17, 15) is 4.79 Å². The Morgan fingerprint density at radius 2 is 1.88 bits per heavy atom. The van der Waals surface area contributed by atoms with E-state index in [1.54, 1.807) is 12.3 Å². The number of aromatic nitrogens is 4. The van der Waals surface area contributed by atoms with Gasteiger partial charge in [-0.1, -0.05) is 6.42 Å². The topological polar surface area (TPSA) is 67.2 Å². The highest BCUT2D eigenvalue weighted by Crippen LogP contribution is 2.26. The standard InChI is InChI=1S/C16H22N6OS/c23-14-5-4-8-17-22(14)15-18-16(24-19-15)21-11-6-13(7-12-21)20-9-2-1-3-10-20/h4-5,8,13H,1-3,6-7,9-12H2. The van der Waals surface area contributed by atoms with Crippen LogP contribution in [-0.2, 0) is 0 Å². The van der Waals surface area contributed by atoms with Crippen LogP contribution < -0.4 is 10.5 Å². The lowest BCUT2D eigenvalue weighted by molar-refractivity contribution is 0.141. The maximum absolute atomic E-state index is 11.8. The molecule has 0 N–H and O–H groups in total. The summed E-state index contributed by atoms with van der Waals surface area (Å²) in [6.07, 6.45) is 8.01. The first-order valence-electron chi connectivity index (χ1n) is 8.69. The van der Waals surface area contributed by atoms with Gasteiger partial charge in [-0.25, -0.2) is 0 Å². The largest absolute Gasteiger partial charge is 0.347 e. The summed E-state index contributed by atoms with van der Waals surface area (Å²) in [5, 5.41) is 4.93. The van der Waals surface area contributed by atoms with Crippen molar-refractivity contribution in [2.75, 3.05) is 31.1 Å². The number of hydrogen-bond donors (Lipinski definition) is 0. The lowest BCUT2D eigenvalue weighted by Gasteiger charge is -2.40. The first-order chi connectivity index (χ1) is 11.8. The Balaban J connectivity index is 1.41. The van der Waals surface area contributed by atoms with E-state index in [0.29, 0.717) is 12.0 Å². The third-order valence-corrected chi connectivity index (χ3v) is 5.72. The van der Waals surface area contributed by atoms with E-state index < -0.39 is 0 Å². The average molecular weight is 346 g/mol. The van der Waals surface area contributed by atoms with E-state index in [-0.39, 0.29) is 5.56 Å². The predicted octanol–water partition coefficient (Wildman–Crippen LogP) is 1.54. The second kappa shape index (κ2) is 6.98. The molecule has 2 fully saturated rings. The van der Waals surface area contributed by atoms with Crippen molar-refractivity contribution in [3.63, 3.8) is 0 Å². The van der Waals surface area contributed by atoms with Crippen molar-refractivity contribution < 1.29 is 0 Å². The van der Waals surface area contributed by atoms with E-state index >= 15 is 0 Å². The molecule has 4 rings (SSSR count). The molecule has 0 aliphatic carbocycles. The van der Waals surface area contributed by atoms with Gasteiger partial charge < -0.3 is 9.80 Å². The minimum absolute atomic E-state index is 0.203. The zero-order chi connectivity index (χ0) is 16.4. The van der Waals surface area contributed by atoms with Crippen molar-refractivity contribution in [3.05, 3.63) is 28.7 Å². The van der Waals surface area contributed by atoms with E-state index in [4.69, 9.17) is 0 Å². The lowest BCUT2D eigenvalue weighted by atomic mass is 10.0. The highest BCUT2D eigenvalue weighted by molar-refractivity contribution is 7.09. The van der Waals surface area contributed by atoms with E-state index in [2.05, 4.69) is 24.3 Å². The van der Waals surface area contributed by atoms with Crippen LogP contribution in [-0.4, -0.2) is 56.3 Å². The first kappa shape index (κ1) is 15.7. The van der Waals surface area contributed by atoms with Crippen LogP contribution in [0.25, 0.3) is 5.95 Å². The Labute approximate surface area is 145 Å². The Bertz CT molecular complexity index is 730. The molecule has 2 aliphatic rings. The Kier molecular flexibility index (Phi) is 4.57. The minimum Gasteiger partial charge on any atom is -0.347 e. The summed E-state index contributed by atoms with van der Waals surface area (Å²) < 4.78 is 5.56. The number of hydrogen-bond acceptors (Lipinski definition) is 7. The van der Waals surface area contributed by atoms with Gasteiger partial charge >= 0.3 is 0 Å². The van der Waals surface area contributed by atoms with E-state index in [1.165, 1.54) is 67.5 Å². The van der Waals surface area contributed by atoms with Crippen LogP contribution in [0.4, 0.5) is 5.13 Å². The van der Waals surface area contributed by atoms with Crippen molar-refractivity contribution in [3.8, 4) is 5.95 Å². The summed E-state index contributed by atoms with van der Waals surface area (Å²) in [7, 11) is 0. The van der Waals surface area contributed by atoms with Crippen molar-refractivity contribution in [1.82, 2.24) is 24.0 Å². The average Bonchev–Trinajstić information content (AvgIpc) is 3.13. The fourth-order valence-electron chi connectivity index (χ4n) is 3.64. The highest BCUT2D eigenvalue weighted by Gasteiger charge is 2.27. The monoisotopic (exact) mass is 346 g/mol. The summed E-state index contributed by atoms with van der Waals surface area (Å²) >= 11 is 1.35. The van der Waals surface area contributed by atoms with Crippen LogP contribution in [0.3, 0.4) is 0 Å². The second-order valence-electron chi connectivity index (χ2n) is 6.47. The number of anilines is 1. The summed E-state index contributed by atoms with van der Waals surface area (Å²) in [6, 6.07) is 3.81. The van der Waals surface area contributed by atoms with Gasteiger partial charge in [0.25, 0.3) is 11.5 Å². The molecule has 0 atom stereocenters. The van der Waals surface area contributed by atoms with Gasteiger partial charge in [-0.05, 0) is 44.8 Å². The molecule has 4 heterocycles. The lowest BCUT2D eigenvalue weighted by Crippen LogP contribution is -2.46. The first-order valence-corrected chi connectivity index (χ1v) is 9.46. The van der Waals surface area contributed by atoms with Gasteiger partial charge in [-0.3, -0.25) is 4.79 Å². The zero-order valence-corrected chi connectivity index (χ0v) is 14.5. The molecule has 128 valence electrons. The molecule has 0 saturated carbocycles. The molecule has 0 radical (unpaired) electrons. The number of rotatable bonds is 3. The minimum atomic E-state index is -0.203. The van der Waals surface area contributed by atoms with Gasteiger partial charge in [-0.15, -0.1) is 4.37 Å². The van der Waals surface area contributed by atoms with Gasteiger partial charge in [0.2, 0.25) is 5.13 Å². The molecule has 2 aromatic rings. The maximum Gasteiger partial charge on any atom is 0.274 e. The highest BCUT2D eigenvalue weighted by atomic mass is 32.1. The molecule has 8 heteroatoms. The fraction of sp³-hybridized carbons (Fsp3) is 0.625. The molecule has 24 heavy (non-hydrogen) atoms. The number of piperidine rings is 2.